The SMILES string of the molecule is CN1CC2(CCNCC2)C[C@H]1C(=O)NCc1ccc(C(=O)N2CCCC2)cc1. The summed E-state index contributed by atoms with van der Waals surface area (Å²) in [5.74, 6) is 0.239. The number of piperidine rings is 1. The minimum atomic E-state index is -0.0332. The van der Waals surface area contributed by atoms with Gasteiger partial charge >= 0.3 is 0 Å². The van der Waals surface area contributed by atoms with E-state index in [0.29, 0.717) is 12.0 Å². The Hall–Kier alpha value is -1.92. The monoisotopic (exact) mass is 384 g/mol. The first-order chi connectivity index (χ1) is 13.6. The lowest BCUT2D eigenvalue weighted by atomic mass is 9.77. The first-order valence-corrected chi connectivity index (χ1v) is 10.6. The molecule has 0 unspecified atom stereocenters. The van der Waals surface area contributed by atoms with Gasteiger partial charge in [-0.25, -0.2) is 0 Å². The van der Waals surface area contributed by atoms with Gasteiger partial charge in [-0.1, -0.05) is 12.1 Å². The summed E-state index contributed by atoms with van der Waals surface area (Å²) in [5.41, 5.74) is 2.07. The molecule has 1 atom stereocenters. The van der Waals surface area contributed by atoms with E-state index in [4.69, 9.17) is 0 Å². The molecule has 0 radical (unpaired) electrons. The summed E-state index contributed by atoms with van der Waals surface area (Å²) in [6, 6.07) is 7.64. The van der Waals surface area contributed by atoms with Gasteiger partial charge in [0, 0.05) is 31.7 Å². The molecule has 3 saturated heterocycles. The molecule has 28 heavy (non-hydrogen) atoms. The van der Waals surface area contributed by atoms with Gasteiger partial charge < -0.3 is 15.5 Å². The maximum Gasteiger partial charge on any atom is 0.253 e. The van der Waals surface area contributed by atoms with Crippen molar-refractivity contribution in [3.05, 3.63) is 35.4 Å². The van der Waals surface area contributed by atoms with Crippen LogP contribution in [0.2, 0.25) is 0 Å². The van der Waals surface area contributed by atoms with Crippen molar-refractivity contribution in [1.29, 1.82) is 0 Å². The van der Waals surface area contributed by atoms with Gasteiger partial charge in [-0.05, 0) is 75.4 Å². The summed E-state index contributed by atoms with van der Waals surface area (Å²) in [6.07, 6.45) is 5.48. The van der Waals surface area contributed by atoms with Crippen LogP contribution in [-0.4, -0.2) is 67.4 Å². The van der Waals surface area contributed by atoms with E-state index in [0.717, 1.165) is 76.0 Å². The molecule has 3 aliphatic heterocycles. The van der Waals surface area contributed by atoms with E-state index in [1.54, 1.807) is 0 Å². The Kier molecular flexibility index (Phi) is 5.69. The zero-order valence-corrected chi connectivity index (χ0v) is 16.9. The first kappa shape index (κ1) is 19.4. The fourth-order valence-corrected chi connectivity index (χ4v) is 5.06. The lowest BCUT2D eigenvalue weighted by molar-refractivity contribution is -0.125. The number of nitrogens with zero attached hydrogens (tertiary/aromatic N) is 2. The van der Waals surface area contributed by atoms with Gasteiger partial charge in [0.2, 0.25) is 5.91 Å². The Balaban J connectivity index is 1.30. The molecule has 152 valence electrons. The van der Waals surface area contributed by atoms with Crippen LogP contribution in [0, 0.1) is 5.41 Å². The van der Waals surface area contributed by atoms with Gasteiger partial charge in [-0.15, -0.1) is 0 Å². The zero-order valence-electron chi connectivity index (χ0n) is 16.9. The van der Waals surface area contributed by atoms with Crippen LogP contribution in [0.25, 0.3) is 0 Å². The van der Waals surface area contributed by atoms with Gasteiger partial charge in [-0.3, -0.25) is 14.5 Å². The molecule has 2 N–H and O–H groups in total. The molecule has 6 heteroatoms. The molecule has 1 aromatic carbocycles. The Morgan fingerprint density at radius 3 is 2.50 bits per heavy atom. The van der Waals surface area contributed by atoms with E-state index < -0.39 is 0 Å². The summed E-state index contributed by atoms with van der Waals surface area (Å²) in [5, 5.41) is 6.53. The molecule has 0 aliphatic carbocycles. The second kappa shape index (κ2) is 8.21. The summed E-state index contributed by atoms with van der Waals surface area (Å²) < 4.78 is 0. The number of hydrogen-bond donors (Lipinski definition) is 2. The predicted molar refractivity (Wildman–Crippen MR) is 109 cm³/mol. The predicted octanol–water partition coefficient (Wildman–Crippen LogP) is 1.61. The fraction of sp³-hybridized carbons (Fsp3) is 0.636. The number of nitrogens with one attached hydrogen (secondary N) is 2. The standard InChI is InChI=1S/C22H32N4O2/c1-25-16-22(8-10-23-11-9-22)14-19(25)20(27)24-15-17-4-6-18(7-5-17)21(28)26-12-2-3-13-26/h4-7,19,23H,2-3,8-16H2,1H3,(H,24,27)/t19-/m0/s1. The highest BCUT2D eigenvalue weighted by Gasteiger charge is 2.45. The van der Waals surface area contributed by atoms with E-state index in [1.807, 2.05) is 29.2 Å². The van der Waals surface area contributed by atoms with Crippen molar-refractivity contribution in [2.24, 2.45) is 5.41 Å². The van der Waals surface area contributed by atoms with Crippen LogP contribution in [0.1, 0.15) is 48.0 Å². The second-order valence-corrected chi connectivity index (χ2v) is 8.80. The van der Waals surface area contributed by atoms with Crippen molar-refractivity contribution in [2.75, 3.05) is 39.8 Å². The molecule has 1 spiro atoms. The zero-order chi connectivity index (χ0) is 19.6. The number of benzene rings is 1. The molecular formula is C22H32N4O2. The highest BCUT2D eigenvalue weighted by atomic mass is 16.2. The minimum absolute atomic E-state index is 0.0332. The van der Waals surface area contributed by atoms with Gasteiger partial charge in [0.05, 0.1) is 6.04 Å². The van der Waals surface area contributed by atoms with Gasteiger partial charge in [-0.2, -0.15) is 0 Å². The molecule has 3 fully saturated rings. The minimum Gasteiger partial charge on any atom is -0.351 e. The van der Waals surface area contributed by atoms with Crippen molar-refractivity contribution in [3.63, 3.8) is 0 Å². The third-order valence-electron chi connectivity index (χ3n) is 6.77. The van der Waals surface area contributed by atoms with E-state index in [9.17, 15) is 9.59 Å². The topological polar surface area (TPSA) is 64.7 Å². The third-order valence-corrected chi connectivity index (χ3v) is 6.77. The number of amides is 2. The Morgan fingerprint density at radius 1 is 1.14 bits per heavy atom. The van der Waals surface area contributed by atoms with Crippen molar-refractivity contribution < 1.29 is 9.59 Å². The lowest BCUT2D eigenvalue weighted by Gasteiger charge is -2.33. The van der Waals surface area contributed by atoms with Crippen LogP contribution in [0.15, 0.2) is 24.3 Å². The maximum absolute atomic E-state index is 12.8. The second-order valence-electron chi connectivity index (χ2n) is 8.80. The van der Waals surface area contributed by atoms with Gasteiger partial charge in [0.15, 0.2) is 0 Å². The van der Waals surface area contributed by atoms with E-state index >= 15 is 0 Å². The summed E-state index contributed by atoms with van der Waals surface area (Å²) in [4.78, 5) is 29.3. The normalized spacial score (nSPS) is 24.6. The van der Waals surface area contributed by atoms with Gasteiger partial charge in [0.25, 0.3) is 5.91 Å². The summed E-state index contributed by atoms with van der Waals surface area (Å²) in [7, 11) is 2.07. The van der Waals surface area contributed by atoms with Gasteiger partial charge in [0.1, 0.15) is 0 Å². The molecular weight excluding hydrogens is 352 g/mol. The highest BCUT2D eigenvalue weighted by molar-refractivity contribution is 5.94. The number of rotatable bonds is 4. The maximum atomic E-state index is 12.8. The summed E-state index contributed by atoms with van der Waals surface area (Å²) in [6.45, 7) is 5.37. The van der Waals surface area contributed by atoms with Crippen LogP contribution in [0.4, 0.5) is 0 Å². The van der Waals surface area contributed by atoms with E-state index in [-0.39, 0.29) is 17.9 Å². The molecule has 3 heterocycles. The van der Waals surface area contributed by atoms with E-state index in [2.05, 4.69) is 22.6 Å². The molecule has 4 rings (SSSR count). The van der Waals surface area contributed by atoms with Crippen molar-refractivity contribution in [2.45, 2.75) is 44.7 Å². The number of carbonyl (C=O) groups excluding carboxylic acids is 2. The average molecular weight is 385 g/mol. The molecule has 2 amide bonds. The first-order valence-electron chi connectivity index (χ1n) is 10.6. The number of likely N-dealkylation sites (N-methyl/N-ethyl adjacent to an activating group) is 1. The Bertz CT molecular complexity index is 706. The largest absolute Gasteiger partial charge is 0.351 e. The number of hydrogen-bond acceptors (Lipinski definition) is 4. The van der Waals surface area contributed by atoms with Crippen LogP contribution in [0.5, 0.6) is 0 Å². The number of likely N-dealkylation sites (tertiary alicyclic amines) is 2. The summed E-state index contributed by atoms with van der Waals surface area (Å²) >= 11 is 0. The van der Waals surface area contributed by atoms with Crippen molar-refractivity contribution in [1.82, 2.24) is 20.4 Å². The molecule has 3 aliphatic rings. The molecule has 0 bridgehead atoms. The highest BCUT2D eigenvalue weighted by Crippen LogP contribution is 2.41. The van der Waals surface area contributed by atoms with Crippen LogP contribution in [-0.2, 0) is 11.3 Å². The molecule has 1 aromatic rings. The van der Waals surface area contributed by atoms with Crippen LogP contribution in [0.3, 0.4) is 0 Å². The molecule has 6 nitrogen and oxygen atoms in total. The molecule has 0 saturated carbocycles. The quantitative estimate of drug-likeness (QED) is 0.828. The Morgan fingerprint density at radius 2 is 1.82 bits per heavy atom. The van der Waals surface area contributed by atoms with Crippen molar-refractivity contribution >= 4 is 11.8 Å². The van der Waals surface area contributed by atoms with Crippen LogP contribution < -0.4 is 10.6 Å². The average Bonchev–Trinajstić information content (AvgIpc) is 3.35. The fourth-order valence-electron chi connectivity index (χ4n) is 5.06. The number of carbonyl (C=O) groups is 2. The smallest absolute Gasteiger partial charge is 0.253 e. The third kappa shape index (κ3) is 4.08. The van der Waals surface area contributed by atoms with E-state index in [1.165, 1.54) is 0 Å². The van der Waals surface area contributed by atoms with Crippen molar-refractivity contribution in [3.8, 4) is 0 Å². The lowest BCUT2D eigenvalue weighted by Crippen LogP contribution is -2.41. The van der Waals surface area contributed by atoms with Crippen LogP contribution >= 0.6 is 0 Å². The Labute approximate surface area is 167 Å². The molecule has 0 aromatic heterocycles.